The van der Waals surface area contributed by atoms with Crippen molar-refractivity contribution in [3.8, 4) is 5.69 Å². The first-order valence-corrected chi connectivity index (χ1v) is 9.02. The summed E-state index contributed by atoms with van der Waals surface area (Å²) in [7, 11) is 0. The molecule has 0 aliphatic carbocycles. The molecule has 140 valence electrons. The van der Waals surface area contributed by atoms with Crippen LogP contribution in [0.2, 0.25) is 0 Å². The first-order chi connectivity index (χ1) is 13.6. The van der Waals surface area contributed by atoms with Crippen molar-refractivity contribution in [2.75, 3.05) is 0 Å². The number of rotatable bonds is 5. The maximum Gasteiger partial charge on any atom is 0.278 e. The summed E-state index contributed by atoms with van der Waals surface area (Å²) < 4.78 is 1.43. The largest absolute Gasteiger partial charge is 0.294 e. The highest BCUT2D eigenvalue weighted by atomic mass is 16.6. The summed E-state index contributed by atoms with van der Waals surface area (Å²) >= 11 is 0. The lowest BCUT2D eigenvalue weighted by molar-refractivity contribution is -0.384. The van der Waals surface area contributed by atoms with Crippen LogP contribution in [-0.2, 0) is 6.42 Å². The van der Waals surface area contributed by atoms with Crippen molar-refractivity contribution in [3.63, 3.8) is 0 Å². The maximum atomic E-state index is 13.1. The van der Waals surface area contributed by atoms with Gasteiger partial charge in [0.2, 0.25) is 0 Å². The SMILES string of the molecule is CCCc1[nH]n(-c2ccc([N+](=O)[O-])cc2)c(=O)c1/C=C1\C=Nc2ccccc21. The molecule has 0 bridgehead atoms. The number of aliphatic imine (C=N–C) groups is 1. The number of fused-ring (bicyclic) bond motifs is 1. The van der Waals surface area contributed by atoms with Crippen LogP contribution < -0.4 is 5.56 Å². The van der Waals surface area contributed by atoms with E-state index in [1.165, 1.54) is 16.8 Å². The topological polar surface area (TPSA) is 93.3 Å². The summed E-state index contributed by atoms with van der Waals surface area (Å²) in [4.78, 5) is 27.9. The summed E-state index contributed by atoms with van der Waals surface area (Å²) in [5, 5.41) is 14.0. The van der Waals surface area contributed by atoms with E-state index in [-0.39, 0.29) is 11.2 Å². The fourth-order valence-electron chi connectivity index (χ4n) is 3.30. The van der Waals surface area contributed by atoms with Gasteiger partial charge in [0.1, 0.15) is 0 Å². The molecule has 7 heteroatoms. The zero-order valence-corrected chi connectivity index (χ0v) is 15.3. The van der Waals surface area contributed by atoms with Crippen LogP contribution in [0.1, 0.15) is 30.2 Å². The molecule has 7 nitrogen and oxygen atoms in total. The van der Waals surface area contributed by atoms with Crippen molar-refractivity contribution in [2.24, 2.45) is 4.99 Å². The van der Waals surface area contributed by atoms with E-state index < -0.39 is 4.92 Å². The maximum absolute atomic E-state index is 13.1. The zero-order valence-electron chi connectivity index (χ0n) is 15.3. The Morgan fingerprint density at radius 1 is 1.18 bits per heavy atom. The van der Waals surface area contributed by atoms with Gasteiger partial charge in [0.25, 0.3) is 11.2 Å². The van der Waals surface area contributed by atoms with Crippen LogP contribution in [0, 0.1) is 10.1 Å². The van der Waals surface area contributed by atoms with Gasteiger partial charge in [0.05, 0.1) is 21.9 Å². The number of H-pyrrole nitrogens is 1. The molecule has 1 N–H and O–H groups in total. The molecule has 4 rings (SSSR count). The zero-order chi connectivity index (χ0) is 19.7. The molecule has 0 amide bonds. The normalized spacial score (nSPS) is 13.8. The molecule has 0 unspecified atom stereocenters. The van der Waals surface area contributed by atoms with Gasteiger partial charge in [-0.1, -0.05) is 31.5 Å². The minimum Gasteiger partial charge on any atom is -0.294 e. The average molecular weight is 374 g/mol. The monoisotopic (exact) mass is 374 g/mol. The first-order valence-electron chi connectivity index (χ1n) is 9.02. The van der Waals surface area contributed by atoms with Crippen molar-refractivity contribution < 1.29 is 4.92 Å². The minimum absolute atomic E-state index is 0.0155. The van der Waals surface area contributed by atoms with Crippen molar-refractivity contribution in [2.45, 2.75) is 19.8 Å². The summed E-state index contributed by atoms with van der Waals surface area (Å²) in [6.07, 6.45) is 5.22. The Labute approximate surface area is 160 Å². The highest BCUT2D eigenvalue weighted by molar-refractivity contribution is 6.21. The van der Waals surface area contributed by atoms with E-state index in [1.807, 2.05) is 37.3 Å². The molecule has 1 aromatic heterocycles. The summed E-state index contributed by atoms with van der Waals surface area (Å²) in [6.45, 7) is 2.05. The first kappa shape index (κ1) is 17.7. The van der Waals surface area contributed by atoms with Gasteiger partial charge in [-0.3, -0.25) is 25.0 Å². The van der Waals surface area contributed by atoms with E-state index in [2.05, 4.69) is 10.1 Å². The highest BCUT2D eigenvalue weighted by Gasteiger charge is 2.17. The van der Waals surface area contributed by atoms with Crippen molar-refractivity contribution in [1.29, 1.82) is 0 Å². The number of hydrogen-bond donors (Lipinski definition) is 1. The Hall–Kier alpha value is -3.74. The number of nitro groups is 1. The Morgan fingerprint density at radius 2 is 1.93 bits per heavy atom. The van der Waals surface area contributed by atoms with Gasteiger partial charge in [-0.2, -0.15) is 0 Å². The number of nitro benzene ring substituents is 1. The Bertz CT molecular complexity index is 1170. The van der Waals surface area contributed by atoms with Crippen LogP contribution in [-0.4, -0.2) is 20.9 Å². The molecular weight excluding hydrogens is 356 g/mol. The number of allylic oxidation sites excluding steroid dienone is 1. The third-order valence-corrected chi connectivity index (χ3v) is 4.68. The third kappa shape index (κ3) is 3.07. The van der Waals surface area contributed by atoms with Crippen LogP contribution in [0.25, 0.3) is 17.3 Å². The Morgan fingerprint density at radius 3 is 2.64 bits per heavy atom. The molecule has 28 heavy (non-hydrogen) atoms. The lowest BCUT2D eigenvalue weighted by Crippen LogP contribution is -2.16. The van der Waals surface area contributed by atoms with Crippen molar-refractivity contribution in [1.82, 2.24) is 9.78 Å². The molecular formula is C21H18N4O3. The fraction of sp³-hybridized carbons (Fsp3) is 0.143. The van der Waals surface area contributed by atoms with Crippen LogP contribution in [0.3, 0.4) is 0 Å². The second kappa shape index (κ2) is 7.11. The number of aromatic amines is 1. The minimum atomic E-state index is -0.462. The van der Waals surface area contributed by atoms with Gasteiger partial charge in [0, 0.05) is 35.2 Å². The van der Waals surface area contributed by atoms with Gasteiger partial charge in [-0.25, -0.2) is 4.68 Å². The molecule has 0 saturated carbocycles. The lowest BCUT2D eigenvalue weighted by Gasteiger charge is -2.01. The number of hydrogen-bond acceptors (Lipinski definition) is 4. The van der Waals surface area contributed by atoms with Gasteiger partial charge >= 0.3 is 0 Å². The fourth-order valence-corrected chi connectivity index (χ4v) is 3.30. The molecule has 0 saturated heterocycles. The average Bonchev–Trinajstić information content (AvgIpc) is 3.25. The number of aromatic nitrogens is 2. The number of benzene rings is 2. The van der Waals surface area contributed by atoms with E-state index in [0.717, 1.165) is 28.9 Å². The third-order valence-electron chi connectivity index (χ3n) is 4.68. The Kier molecular flexibility index (Phi) is 4.49. The number of nitrogens with zero attached hydrogens (tertiary/aromatic N) is 3. The molecule has 2 aromatic carbocycles. The van der Waals surface area contributed by atoms with Crippen LogP contribution in [0.4, 0.5) is 11.4 Å². The quantitative estimate of drug-likeness (QED) is 0.533. The standard InChI is InChI=1S/C21H18N4O3/c1-2-5-20-18(12-14-13-22-19-7-4-3-6-17(14)19)21(26)24(23-20)15-8-10-16(11-9-15)25(27)28/h3-4,6-13,23H,2,5H2,1H3/b14-12+. The van der Waals surface area contributed by atoms with Crippen LogP contribution >= 0.6 is 0 Å². The second-order valence-corrected chi connectivity index (χ2v) is 6.54. The van der Waals surface area contributed by atoms with E-state index in [1.54, 1.807) is 18.3 Å². The number of para-hydroxylation sites is 1. The molecule has 0 atom stereocenters. The summed E-state index contributed by atoms with van der Waals surface area (Å²) in [6, 6.07) is 13.7. The van der Waals surface area contributed by atoms with Crippen LogP contribution in [0.5, 0.6) is 0 Å². The number of nitrogens with one attached hydrogen (secondary N) is 1. The number of aryl methyl sites for hydroxylation is 1. The summed E-state index contributed by atoms with van der Waals surface area (Å²) in [5.74, 6) is 0. The van der Waals surface area contributed by atoms with Crippen molar-refractivity contribution in [3.05, 3.63) is 85.8 Å². The van der Waals surface area contributed by atoms with Crippen molar-refractivity contribution >= 4 is 29.2 Å². The van der Waals surface area contributed by atoms with E-state index in [9.17, 15) is 14.9 Å². The smallest absolute Gasteiger partial charge is 0.278 e. The molecule has 2 heterocycles. The van der Waals surface area contributed by atoms with E-state index in [0.29, 0.717) is 17.7 Å². The molecule has 1 aliphatic rings. The second-order valence-electron chi connectivity index (χ2n) is 6.54. The molecule has 0 fully saturated rings. The number of non-ortho nitro benzene ring substituents is 1. The molecule has 0 radical (unpaired) electrons. The van der Waals surface area contributed by atoms with Gasteiger partial charge in [-0.05, 0) is 30.7 Å². The van der Waals surface area contributed by atoms with Gasteiger partial charge in [0.15, 0.2) is 0 Å². The lowest BCUT2D eigenvalue weighted by atomic mass is 10.0. The predicted octanol–water partition coefficient (Wildman–Crippen LogP) is 4.28. The van der Waals surface area contributed by atoms with E-state index in [4.69, 9.17) is 0 Å². The van der Waals surface area contributed by atoms with Gasteiger partial charge in [-0.15, -0.1) is 0 Å². The Balaban J connectivity index is 1.80. The van der Waals surface area contributed by atoms with E-state index >= 15 is 0 Å². The van der Waals surface area contributed by atoms with Crippen LogP contribution in [0.15, 0.2) is 58.3 Å². The molecule has 3 aromatic rings. The predicted molar refractivity (Wildman–Crippen MR) is 110 cm³/mol. The highest BCUT2D eigenvalue weighted by Crippen LogP contribution is 2.32. The molecule has 0 spiro atoms. The summed E-state index contributed by atoms with van der Waals surface area (Å²) in [5.41, 5.74) is 4.53. The van der Waals surface area contributed by atoms with Gasteiger partial charge < -0.3 is 0 Å². The molecule has 1 aliphatic heterocycles.